The lowest BCUT2D eigenvalue weighted by Gasteiger charge is -2.19. The first-order valence-electron chi connectivity index (χ1n) is 12.1. The smallest absolute Gasteiger partial charge is 0.407 e. The lowest BCUT2D eigenvalue weighted by molar-refractivity contribution is 0.0977. The fourth-order valence-corrected chi connectivity index (χ4v) is 5.67. The van der Waals surface area contributed by atoms with Crippen LogP contribution in [0.25, 0.3) is 0 Å². The number of carbonyl (C=O) groups is 2. The summed E-state index contributed by atoms with van der Waals surface area (Å²) in [4.78, 5) is 25.9. The fourth-order valence-electron chi connectivity index (χ4n) is 4.21. The number of para-hydroxylation sites is 1. The van der Waals surface area contributed by atoms with Crippen molar-refractivity contribution >= 4 is 21.9 Å². The number of carboxylic acid groups (broad SMARTS) is 1. The van der Waals surface area contributed by atoms with E-state index in [1.54, 1.807) is 27.0 Å². The zero-order valence-corrected chi connectivity index (χ0v) is 21.8. The molecule has 0 aromatic heterocycles. The third kappa shape index (κ3) is 6.98. The third-order valence-electron chi connectivity index (χ3n) is 5.95. The number of nitrogens with one attached hydrogen (secondary N) is 1. The second-order valence-corrected chi connectivity index (χ2v) is 10.7. The number of amides is 1. The Kier molecular flexibility index (Phi) is 9.33. The summed E-state index contributed by atoms with van der Waals surface area (Å²) in [5, 5.41) is 9.58. The minimum Gasteiger partial charge on any atom is -0.496 e. The number of fused-ring (bicyclic) bond motifs is 1. The Hall–Kier alpha value is -3.11. The van der Waals surface area contributed by atoms with E-state index in [1.807, 2.05) is 24.3 Å². The first-order valence-corrected chi connectivity index (χ1v) is 13.6. The van der Waals surface area contributed by atoms with Gasteiger partial charge in [0.05, 0.1) is 13.7 Å². The number of benzene rings is 2. The molecule has 0 atom stereocenters. The second kappa shape index (κ2) is 12.2. The Morgan fingerprint density at radius 1 is 1.17 bits per heavy atom. The number of sulfonamides is 1. The van der Waals surface area contributed by atoms with Crippen LogP contribution in [-0.2, 0) is 22.9 Å². The Morgan fingerprint density at radius 2 is 1.92 bits per heavy atom. The highest BCUT2D eigenvalue weighted by Gasteiger charge is 2.28. The Labute approximate surface area is 212 Å². The summed E-state index contributed by atoms with van der Waals surface area (Å²) in [5.74, 6) is 0.853. The van der Waals surface area contributed by atoms with Crippen molar-refractivity contribution < 1.29 is 32.6 Å². The lowest BCUT2D eigenvalue weighted by atomic mass is 10.0. The van der Waals surface area contributed by atoms with Gasteiger partial charge in [-0.1, -0.05) is 18.2 Å². The number of nitrogens with zero attached hydrogens (tertiary/aromatic N) is 1. The van der Waals surface area contributed by atoms with Gasteiger partial charge in [-0.2, -0.15) is 0 Å². The minimum atomic E-state index is -3.83. The molecule has 1 heterocycles. The number of Topliss-reactive ketones (excluding diaryl/α,β-unsaturated/α-hetero) is 1. The van der Waals surface area contributed by atoms with Crippen molar-refractivity contribution in [1.29, 1.82) is 0 Å². The molecular weight excluding hydrogens is 484 g/mol. The van der Waals surface area contributed by atoms with Crippen LogP contribution >= 0.6 is 0 Å². The molecule has 196 valence electrons. The fraction of sp³-hybridized carbons (Fsp3) is 0.462. The highest BCUT2D eigenvalue weighted by Crippen LogP contribution is 2.34. The molecule has 0 unspecified atom stereocenters. The minimum absolute atomic E-state index is 0.0112. The van der Waals surface area contributed by atoms with Gasteiger partial charge in [-0.3, -0.25) is 4.79 Å². The van der Waals surface area contributed by atoms with Gasteiger partial charge in [-0.15, -0.1) is 0 Å². The molecule has 36 heavy (non-hydrogen) atoms. The molecule has 2 N–H and O–H groups in total. The zero-order chi connectivity index (χ0) is 26.3. The van der Waals surface area contributed by atoms with Gasteiger partial charge in [0.1, 0.15) is 16.4 Å². The van der Waals surface area contributed by atoms with Crippen LogP contribution in [0.2, 0.25) is 0 Å². The van der Waals surface area contributed by atoms with Crippen molar-refractivity contribution in [1.82, 2.24) is 9.62 Å². The van der Waals surface area contributed by atoms with Crippen molar-refractivity contribution in [3.63, 3.8) is 0 Å². The predicted molar refractivity (Wildman–Crippen MR) is 136 cm³/mol. The summed E-state index contributed by atoms with van der Waals surface area (Å²) in [7, 11) is -2.25. The van der Waals surface area contributed by atoms with Crippen molar-refractivity contribution in [2.24, 2.45) is 0 Å². The maximum absolute atomic E-state index is 12.9. The normalized spacial score (nSPS) is 12.8. The van der Waals surface area contributed by atoms with E-state index in [4.69, 9.17) is 9.47 Å². The Balaban J connectivity index is 1.59. The van der Waals surface area contributed by atoms with E-state index in [0.717, 1.165) is 11.3 Å². The number of hydrogen-bond acceptors (Lipinski definition) is 6. The Morgan fingerprint density at radius 3 is 2.61 bits per heavy atom. The Bertz CT molecular complexity index is 1190. The quantitative estimate of drug-likeness (QED) is 0.305. The van der Waals surface area contributed by atoms with Gasteiger partial charge in [0, 0.05) is 37.5 Å². The second-order valence-electron chi connectivity index (χ2n) is 9.05. The lowest BCUT2D eigenvalue weighted by Crippen LogP contribution is -2.32. The van der Waals surface area contributed by atoms with Crippen molar-refractivity contribution in [2.45, 2.75) is 56.9 Å². The summed E-state index contributed by atoms with van der Waals surface area (Å²) in [5.41, 5.74) is 1.97. The molecule has 0 aliphatic carbocycles. The van der Waals surface area contributed by atoms with Crippen molar-refractivity contribution in [3.05, 3.63) is 53.1 Å². The molecule has 0 spiro atoms. The van der Waals surface area contributed by atoms with E-state index in [9.17, 15) is 23.1 Å². The number of hydrogen-bond donors (Lipinski definition) is 2. The molecule has 3 rings (SSSR count). The molecule has 2 aromatic carbocycles. The van der Waals surface area contributed by atoms with E-state index in [1.165, 1.54) is 11.0 Å². The van der Waals surface area contributed by atoms with Crippen LogP contribution in [0.3, 0.4) is 0 Å². The number of methoxy groups -OCH3 is 1. The van der Waals surface area contributed by atoms with E-state index in [-0.39, 0.29) is 23.1 Å². The summed E-state index contributed by atoms with van der Waals surface area (Å²) in [6, 6.07) is 10.3. The molecule has 0 fully saturated rings. The predicted octanol–water partition coefficient (Wildman–Crippen LogP) is 3.89. The van der Waals surface area contributed by atoms with Crippen molar-refractivity contribution in [2.75, 3.05) is 26.8 Å². The average Bonchev–Trinajstić information content (AvgIpc) is 3.30. The molecular formula is C26H34N2O7S. The van der Waals surface area contributed by atoms with E-state index >= 15 is 0 Å². The van der Waals surface area contributed by atoms with Crippen LogP contribution in [0.1, 0.15) is 54.6 Å². The molecule has 1 aliphatic heterocycles. The van der Waals surface area contributed by atoms with Crippen LogP contribution in [0.4, 0.5) is 4.79 Å². The number of unbranched alkanes of at least 4 members (excludes halogenated alkanes) is 1. The van der Waals surface area contributed by atoms with Crippen LogP contribution in [0, 0.1) is 0 Å². The van der Waals surface area contributed by atoms with Gasteiger partial charge in [0.15, 0.2) is 5.78 Å². The molecule has 0 bridgehead atoms. The molecule has 0 saturated carbocycles. The summed E-state index contributed by atoms with van der Waals surface area (Å²) >= 11 is 0. The number of ketones is 1. The van der Waals surface area contributed by atoms with Gasteiger partial charge in [0.2, 0.25) is 10.0 Å². The van der Waals surface area contributed by atoms with Gasteiger partial charge >= 0.3 is 6.09 Å². The SMILES string of the molecule is COc1ccccc1CCN(CCCCC(=O)c1cc2c(c(S(=O)(=O)NC(C)C)c1)OCC2)C(=O)O. The van der Waals surface area contributed by atoms with Crippen LogP contribution < -0.4 is 14.2 Å². The third-order valence-corrected chi connectivity index (χ3v) is 7.61. The summed E-state index contributed by atoms with van der Waals surface area (Å²) in [6.45, 7) is 4.44. The summed E-state index contributed by atoms with van der Waals surface area (Å²) < 4.78 is 39.0. The van der Waals surface area contributed by atoms with Gasteiger partial charge in [0.25, 0.3) is 0 Å². The maximum atomic E-state index is 12.9. The molecule has 1 aliphatic rings. The molecule has 0 radical (unpaired) electrons. The maximum Gasteiger partial charge on any atom is 0.407 e. The van der Waals surface area contributed by atoms with Crippen LogP contribution in [0.15, 0.2) is 41.3 Å². The molecule has 2 aromatic rings. The molecule has 1 amide bonds. The highest BCUT2D eigenvalue weighted by molar-refractivity contribution is 7.89. The van der Waals surface area contributed by atoms with Crippen LogP contribution in [0.5, 0.6) is 11.5 Å². The summed E-state index contributed by atoms with van der Waals surface area (Å²) in [6.07, 6.45) is 1.24. The topological polar surface area (TPSA) is 122 Å². The van der Waals surface area contributed by atoms with E-state index < -0.39 is 16.1 Å². The van der Waals surface area contributed by atoms with E-state index in [0.29, 0.717) is 62.3 Å². The number of rotatable bonds is 13. The average molecular weight is 519 g/mol. The molecule has 0 saturated heterocycles. The number of ether oxygens (including phenoxy) is 2. The monoisotopic (exact) mass is 518 g/mol. The highest BCUT2D eigenvalue weighted by atomic mass is 32.2. The molecule has 10 heteroatoms. The van der Waals surface area contributed by atoms with Gasteiger partial charge in [-0.05, 0) is 62.4 Å². The number of carbonyl (C=O) groups excluding carboxylic acids is 1. The van der Waals surface area contributed by atoms with Gasteiger partial charge < -0.3 is 19.5 Å². The van der Waals surface area contributed by atoms with Crippen molar-refractivity contribution in [3.8, 4) is 11.5 Å². The molecule has 9 nitrogen and oxygen atoms in total. The standard InChI is InChI=1S/C26H34N2O7S/c1-18(2)27-36(32,33)24-17-21(16-20-12-15-35-25(20)24)22(29)9-6-7-13-28(26(30)31)14-11-19-8-4-5-10-23(19)34-3/h4-5,8,10,16-18,27H,6-7,9,11-15H2,1-3H3,(H,30,31). The first-order chi connectivity index (χ1) is 17.1. The van der Waals surface area contributed by atoms with Gasteiger partial charge in [-0.25, -0.2) is 17.9 Å². The van der Waals surface area contributed by atoms with E-state index in [2.05, 4.69) is 4.72 Å². The zero-order valence-electron chi connectivity index (χ0n) is 21.0. The first kappa shape index (κ1) is 27.5. The largest absolute Gasteiger partial charge is 0.496 e. The van der Waals surface area contributed by atoms with Crippen LogP contribution in [-0.4, -0.2) is 63.1 Å².